The van der Waals surface area contributed by atoms with Gasteiger partial charge < -0.3 is 15.1 Å². The van der Waals surface area contributed by atoms with Crippen molar-refractivity contribution in [3.63, 3.8) is 0 Å². The number of carbonyl (C=O) groups is 1. The first kappa shape index (κ1) is 9.49. The predicted molar refractivity (Wildman–Crippen MR) is 33.8 cm³/mol. The number of rotatable bonds is 4. The van der Waals surface area contributed by atoms with E-state index in [1.54, 1.807) is 0 Å². The Hall–Kier alpha value is -0.510. The molecule has 0 aliphatic rings. The van der Waals surface area contributed by atoms with Gasteiger partial charge in [0.05, 0.1) is 6.61 Å². The smallest absolute Gasteiger partial charge is 0.329 e. The van der Waals surface area contributed by atoms with Crippen LogP contribution < -0.4 is 4.89 Å². The molecule has 0 saturated carbocycles. The van der Waals surface area contributed by atoms with Gasteiger partial charge in [-0.1, -0.05) is 0 Å². The lowest BCUT2D eigenvalue weighted by Crippen LogP contribution is -2.01. The van der Waals surface area contributed by atoms with Gasteiger partial charge in [0.2, 0.25) is 0 Å². The second-order valence-electron chi connectivity index (χ2n) is 1.49. The van der Waals surface area contributed by atoms with Gasteiger partial charge in [0.15, 0.2) is 14.5 Å². The SMILES string of the molecule is O=C(O)CN=[P+]([O-])CCO. The monoisotopic (exact) mass is 165 g/mol. The topological polar surface area (TPSA) is 93.0 Å². The van der Waals surface area contributed by atoms with Crippen molar-refractivity contribution in [1.29, 1.82) is 0 Å². The molecule has 6 heteroatoms. The Kier molecular flexibility index (Phi) is 5.02. The van der Waals surface area contributed by atoms with E-state index in [1.165, 1.54) is 0 Å². The van der Waals surface area contributed by atoms with E-state index in [0.717, 1.165) is 0 Å². The Balaban J connectivity index is 3.57. The third-order valence-corrected chi connectivity index (χ3v) is 1.69. The van der Waals surface area contributed by atoms with Gasteiger partial charge in [0, 0.05) is 0 Å². The molecule has 0 fully saturated rings. The largest absolute Gasteiger partial charge is 0.612 e. The van der Waals surface area contributed by atoms with Gasteiger partial charge in [-0.2, -0.15) is 0 Å². The number of aliphatic carboxylic acids is 1. The Morgan fingerprint density at radius 1 is 1.70 bits per heavy atom. The lowest BCUT2D eigenvalue weighted by atomic mass is 10.7. The highest BCUT2D eigenvalue weighted by molar-refractivity contribution is 7.39. The van der Waals surface area contributed by atoms with Crippen LogP contribution in [0.15, 0.2) is 4.74 Å². The summed E-state index contributed by atoms with van der Waals surface area (Å²) in [6.45, 7) is -0.673. The molecule has 0 rings (SSSR count). The van der Waals surface area contributed by atoms with Crippen LogP contribution >= 0.6 is 7.94 Å². The number of carboxylic acid groups (broad SMARTS) is 1. The number of aliphatic hydroxyl groups excluding tert-OH is 1. The van der Waals surface area contributed by atoms with Crippen molar-refractivity contribution >= 4 is 13.9 Å². The lowest BCUT2D eigenvalue weighted by molar-refractivity contribution is -0.156. The predicted octanol–water partition coefficient (Wildman–Crippen LogP) is -0.996. The van der Waals surface area contributed by atoms with E-state index in [1.807, 2.05) is 0 Å². The molecule has 0 aliphatic carbocycles. The summed E-state index contributed by atoms with van der Waals surface area (Å²) in [5.41, 5.74) is 0. The molecule has 2 N–H and O–H groups in total. The van der Waals surface area contributed by atoms with E-state index in [2.05, 4.69) is 4.74 Å². The maximum atomic E-state index is 10.5. The van der Waals surface area contributed by atoms with Crippen molar-refractivity contribution in [2.24, 2.45) is 4.74 Å². The van der Waals surface area contributed by atoms with Gasteiger partial charge in [-0.25, -0.2) is 0 Å². The van der Waals surface area contributed by atoms with Gasteiger partial charge in [-0.05, 0) is 0 Å². The molecule has 0 radical (unpaired) electrons. The Bertz CT molecular complexity index is 146. The minimum Gasteiger partial charge on any atom is -0.612 e. The summed E-state index contributed by atoms with van der Waals surface area (Å²) in [6, 6.07) is 0. The summed E-state index contributed by atoms with van der Waals surface area (Å²) in [7, 11) is -1.87. The lowest BCUT2D eigenvalue weighted by Gasteiger charge is -1.89. The van der Waals surface area contributed by atoms with Crippen molar-refractivity contribution in [3.8, 4) is 0 Å². The van der Waals surface area contributed by atoms with E-state index >= 15 is 0 Å². The summed E-state index contributed by atoms with van der Waals surface area (Å²) < 4.78 is 3.26. The number of hydrogen-bond donors (Lipinski definition) is 2. The maximum absolute atomic E-state index is 10.5. The highest BCUT2D eigenvalue weighted by Gasteiger charge is 1.99. The third-order valence-electron chi connectivity index (χ3n) is 0.655. The summed E-state index contributed by atoms with van der Waals surface area (Å²) in [5.74, 6) is -1.11. The first-order valence-electron chi connectivity index (χ1n) is 2.61. The molecule has 0 aromatic rings. The van der Waals surface area contributed by atoms with Gasteiger partial charge in [-0.3, -0.25) is 4.79 Å². The van der Waals surface area contributed by atoms with E-state index < -0.39 is 20.5 Å². The van der Waals surface area contributed by atoms with Crippen molar-refractivity contribution in [2.75, 3.05) is 19.3 Å². The molecule has 0 amide bonds. The second kappa shape index (κ2) is 5.29. The molecule has 0 heterocycles. The first-order valence-corrected chi connectivity index (χ1v) is 4.01. The molecule has 0 spiro atoms. The normalized spacial score (nSPS) is 11.6. The van der Waals surface area contributed by atoms with E-state index in [-0.39, 0.29) is 12.8 Å². The quantitative estimate of drug-likeness (QED) is 0.522. The average Bonchev–Trinajstić information content (AvgIpc) is 1.85. The third kappa shape index (κ3) is 5.62. The zero-order chi connectivity index (χ0) is 7.98. The number of nitrogens with zero attached hydrogens (tertiary/aromatic N) is 1. The van der Waals surface area contributed by atoms with Gasteiger partial charge in [0.25, 0.3) is 0 Å². The molecule has 1 atom stereocenters. The summed E-state index contributed by atoms with van der Waals surface area (Å²) >= 11 is 0. The Morgan fingerprint density at radius 3 is 2.70 bits per heavy atom. The van der Waals surface area contributed by atoms with Crippen molar-refractivity contribution in [3.05, 3.63) is 0 Å². The minimum absolute atomic E-state index is 0.0443. The highest BCUT2D eigenvalue weighted by atomic mass is 31.1. The Morgan fingerprint density at radius 2 is 2.30 bits per heavy atom. The summed E-state index contributed by atoms with van der Waals surface area (Å²) in [4.78, 5) is 20.3. The standard InChI is InChI=1S/C4H8NO4P/c6-1-2-10(9)5-3-4(7)8/h6H,1-3H2,(H,7,8). The van der Waals surface area contributed by atoms with Crippen LogP contribution in [0.4, 0.5) is 0 Å². The molecule has 0 aliphatic heterocycles. The zero-order valence-corrected chi connectivity index (χ0v) is 6.12. The molecule has 0 aromatic heterocycles. The number of carboxylic acids is 1. The molecular weight excluding hydrogens is 157 g/mol. The maximum Gasteiger partial charge on any atom is 0.329 e. The molecule has 58 valence electrons. The van der Waals surface area contributed by atoms with E-state index in [0.29, 0.717) is 0 Å². The van der Waals surface area contributed by atoms with Crippen LogP contribution in [0.5, 0.6) is 0 Å². The molecule has 5 nitrogen and oxygen atoms in total. The fourth-order valence-electron chi connectivity index (χ4n) is 0.296. The summed E-state index contributed by atoms with van der Waals surface area (Å²) in [6.07, 6.45) is 0.0443. The van der Waals surface area contributed by atoms with Crippen molar-refractivity contribution in [2.45, 2.75) is 0 Å². The van der Waals surface area contributed by atoms with Gasteiger partial charge >= 0.3 is 5.97 Å². The summed E-state index contributed by atoms with van der Waals surface area (Å²) in [5, 5.41) is 16.3. The molecule has 1 unspecified atom stereocenters. The molecule has 0 bridgehead atoms. The van der Waals surface area contributed by atoms with E-state index in [9.17, 15) is 9.69 Å². The van der Waals surface area contributed by atoms with Crippen LogP contribution in [0.2, 0.25) is 0 Å². The Labute approximate surface area is 58.9 Å². The van der Waals surface area contributed by atoms with Crippen LogP contribution in [0.25, 0.3) is 0 Å². The first-order chi connectivity index (χ1) is 4.66. The van der Waals surface area contributed by atoms with Crippen LogP contribution in [0.1, 0.15) is 0 Å². The van der Waals surface area contributed by atoms with Crippen LogP contribution in [0, 0.1) is 0 Å². The van der Waals surface area contributed by atoms with Crippen LogP contribution in [0.3, 0.4) is 0 Å². The number of hydrogen-bond acceptors (Lipinski definition) is 4. The molecular formula is C4H8NO4P. The second-order valence-corrected chi connectivity index (χ2v) is 2.93. The van der Waals surface area contributed by atoms with Gasteiger partial charge in [0.1, 0.15) is 6.16 Å². The van der Waals surface area contributed by atoms with Gasteiger partial charge in [-0.15, -0.1) is 4.74 Å². The van der Waals surface area contributed by atoms with E-state index in [4.69, 9.17) is 10.2 Å². The van der Waals surface area contributed by atoms with Crippen molar-refractivity contribution < 1.29 is 19.9 Å². The number of aliphatic hydroxyl groups is 1. The molecule has 0 aromatic carbocycles. The fourth-order valence-corrected chi connectivity index (χ4v) is 0.887. The zero-order valence-electron chi connectivity index (χ0n) is 5.23. The minimum atomic E-state index is -1.87. The molecule has 10 heavy (non-hydrogen) atoms. The molecule has 0 saturated heterocycles. The van der Waals surface area contributed by atoms with Crippen molar-refractivity contribution in [1.82, 2.24) is 0 Å². The average molecular weight is 165 g/mol. The highest BCUT2D eigenvalue weighted by Crippen LogP contribution is 2.10. The van der Waals surface area contributed by atoms with Crippen LogP contribution in [-0.4, -0.2) is 35.5 Å². The fraction of sp³-hybridized carbons (Fsp3) is 0.750. The van der Waals surface area contributed by atoms with Crippen LogP contribution in [-0.2, 0) is 4.79 Å².